The van der Waals surface area contributed by atoms with Gasteiger partial charge in [0.1, 0.15) is 0 Å². The molecular weight excluding hydrogens is 472 g/mol. The van der Waals surface area contributed by atoms with Crippen LogP contribution in [0.3, 0.4) is 0 Å². The summed E-state index contributed by atoms with van der Waals surface area (Å²) in [6.07, 6.45) is 13.5. The third-order valence-electron chi connectivity index (χ3n) is 10.6. The van der Waals surface area contributed by atoms with Gasteiger partial charge in [-0.15, -0.1) is 0 Å². The quantitative estimate of drug-likeness (QED) is 0.552. The summed E-state index contributed by atoms with van der Waals surface area (Å²) in [5.74, 6) is 2.63. The smallest absolute Gasteiger partial charge is 0.317 e. The minimum Gasteiger partial charge on any atom is -0.332 e. The van der Waals surface area contributed by atoms with Gasteiger partial charge in [-0.2, -0.15) is 0 Å². The number of carbonyl (C=O) groups is 2. The molecule has 7 aliphatic rings. The molecule has 6 atom stereocenters. The summed E-state index contributed by atoms with van der Waals surface area (Å²) in [7, 11) is 1.77. The van der Waals surface area contributed by atoms with Gasteiger partial charge in [0.05, 0.1) is 11.4 Å². The van der Waals surface area contributed by atoms with Gasteiger partial charge in [0.15, 0.2) is 0 Å². The summed E-state index contributed by atoms with van der Waals surface area (Å²) >= 11 is 6.40. The Hall–Kier alpha value is -2.08. The van der Waals surface area contributed by atoms with Crippen molar-refractivity contribution in [1.82, 2.24) is 10.6 Å². The van der Waals surface area contributed by atoms with Crippen LogP contribution < -0.4 is 15.5 Å². The van der Waals surface area contributed by atoms with Crippen molar-refractivity contribution >= 4 is 34.9 Å². The van der Waals surface area contributed by atoms with E-state index in [2.05, 4.69) is 10.6 Å². The van der Waals surface area contributed by atoms with Crippen molar-refractivity contribution in [2.45, 2.75) is 88.8 Å². The summed E-state index contributed by atoms with van der Waals surface area (Å²) in [6.45, 7) is 0. The topological polar surface area (TPSA) is 73.8 Å². The van der Waals surface area contributed by atoms with Crippen LogP contribution in [0, 0.1) is 29.1 Å². The molecule has 8 rings (SSSR count). The number of benzodiazepines with no additional fused rings is 1. The van der Waals surface area contributed by atoms with E-state index in [1.807, 2.05) is 18.2 Å². The average Bonchev–Trinajstić information content (AvgIpc) is 3.74. The van der Waals surface area contributed by atoms with E-state index in [-0.39, 0.29) is 28.8 Å². The molecule has 2 N–H and O–H groups in total. The largest absolute Gasteiger partial charge is 0.332 e. The molecule has 1 aromatic carbocycles. The Bertz CT molecular complexity index is 1150. The first-order chi connectivity index (χ1) is 17.4. The van der Waals surface area contributed by atoms with E-state index in [0.29, 0.717) is 5.02 Å². The highest BCUT2D eigenvalue weighted by Gasteiger charge is 2.72. The van der Waals surface area contributed by atoms with Crippen LogP contribution in [0.1, 0.15) is 82.6 Å². The van der Waals surface area contributed by atoms with Gasteiger partial charge in [0.2, 0.25) is 6.17 Å². The van der Waals surface area contributed by atoms with Crippen molar-refractivity contribution in [3.8, 4) is 0 Å². The van der Waals surface area contributed by atoms with Crippen molar-refractivity contribution < 1.29 is 9.59 Å². The van der Waals surface area contributed by atoms with Crippen LogP contribution in [-0.2, 0) is 4.79 Å². The number of aliphatic imine (C=N–C) groups is 1. The van der Waals surface area contributed by atoms with Crippen molar-refractivity contribution in [3.05, 3.63) is 28.8 Å². The molecule has 6 nitrogen and oxygen atoms in total. The third kappa shape index (κ3) is 3.69. The number of nitrogens with zero attached hydrogens (tertiary/aromatic N) is 2. The number of urea groups is 1. The van der Waals surface area contributed by atoms with Gasteiger partial charge in [-0.1, -0.05) is 30.9 Å². The molecule has 0 aromatic heterocycles. The monoisotopic (exact) mass is 508 g/mol. The SMILES string of the molecule is CN1C(=O)C(NC(=O)NC23CC4CCC2(CC2CC2C4)C3)N=C(C2CCCCC2)c2cc(Cl)ccc21. The second-order valence-electron chi connectivity index (χ2n) is 12.8. The molecule has 0 radical (unpaired) electrons. The highest BCUT2D eigenvalue weighted by molar-refractivity contribution is 6.31. The number of rotatable bonds is 3. The summed E-state index contributed by atoms with van der Waals surface area (Å²) in [6, 6.07) is 5.41. The van der Waals surface area contributed by atoms with Gasteiger partial charge >= 0.3 is 6.03 Å². The van der Waals surface area contributed by atoms with Crippen LogP contribution in [-0.4, -0.2) is 36.4 Å². The first-order valence-electron chi connectivity index (χ1n) is 14.1. The number of fused-ring (bicyclic) bond motifs is 2. The second kappa shape index (κ2) is 8.21. The fourth-order valence-corrected chi connectivity index (χ4v) is 8.72. The Morgan fingerprint density at radius 2 is 1.94 bits per heavy atom. The highest BCUT2D eigenvalue weighted by Crippen LogP contribution is 2.73. The maximum Gasteiger partial charge on any atom is 0.317 e. The molecule has 7 heteroatoms. The van der Waals surface area contributed by atoms with Gasteiger partial charge in [0, 0.05) is 29.1 Å². The van der Waals surface area contributed by atoms with Crippen molar-refractivity contribution in [3.63, 3.8) is 0 Å². The molecule has 6 unspecified atom stereocenters. The summed E-state index contributed by atoms with van der Waals surface area (Å²) in [5, 5.41) is 7.06. The number of carbonyl (C=O) groups excluding carboxylic acids is 2. The van der Waals surface area contributed by atoms with E-state index in [0.717, 1.165) is 73.2 Å². The van der Waals surface area contributed by atoms with Gasteiger partial charge in [-0.05, 0) is 99.2 Å². The zero-order chi connectivity index (χ0) is 24.7. The van der Waals surface area contributed by atoms with Crippen LogP contribution >= 0.6 is 11.6 Å². The molecule has 0 saturated heterocycles. The Morgan fingerprint density at radius 1 is 1.11 bits per heavy atom. The van der Waals surface area contributed by atoms with E-state index < -0.39 is 6.17 Å². The maximum atomic E-state index is 13.6. The van der Waals surface area contributed by atoms with Crippen molar-refractivity contribution in [1.29, 1.82) is 0 Å². The first-order valence-corrected chi connectivity index (χ1v) is 14.5. The van der Waals surface area contributed by atoms with E-state index >= 15 is 0 Å². The second-order valence-corrected chi connectivity index (χ2v) is 13.2. The Morgan fingerprint density at radius 3 is 2.78 bits per heavy atom. The van der Waals surface area contributed by atoms with Gasteiger partial charge in [-0.3, -0.25) is 9.79 Å². The molecule has 192 valence electrons. The molecule has 6 saturated carbocycles. The Labute approximate surface area is 218 Å². The van der Waals surface area contributed by atoms with Crippen LogP contribution in [0.15, 0.2) is 23.2 Å². The highest BCUT2D eigenvalue weighted by atomic mass is 35.5. The van der Waals surface area contributed by atoms with Gasteiger partial charge in [-0.25, -0.2) is 4.79 Å². The molecule has 1 spiro atoms. The number of halogens is 1. The third-order valence-corrected chi connectivity index (χ3v) is 10.8. The maximum absolute atomic E-state index is 13.6. The zero-order valence-electron chi connectivity index (χ0n) is 21.2. The summed E-state index contributed by atoms with van der Waals surface area (Å²) < 4.78 is 0. The number of anilines is 1. The minimum atomic E-state index is -0.928. The molecule has 2 bridgehead atoms. The Kier molecular flexibility index (Phi) is 5.26. The lowest BCUT2D eigenvalue weighted by molar-refractivity contribution is -0.119. The average molecular weight is 509 g/mol. The number of nitrogens with one attached hydrogen (secondary N) is 2. The molecular formula is C29H37ClN4O2. The van der Waals surface area contributed by atoms with E-state index in [1.54, 1.807) is 11.9 Å². The molecule has 6 aliphatic carbocycles. The number of likely N-dealkylation sites (N-methyl/N-ethyl adjacent to an activating group) is 1. The van der Waals surface area contributed by atoms with Gasteiger partial charge in [0.25, 0.3) is 5.91 Å². The van der Waals surface area contributed by atoms with Crippen LogP contribution in [0.25, 0.3) is 0 Å². The lowest BCUT2D eigenvalue weighted by Gasteiger charge is -2.38. The van der Waals surface area contributed by atoms with Crippen LogP contribution in [0.2, 0.25) is 5.02 Å². The molecule has 6 fully saturated rings. The normalized spacial score (nSPS) is 39.0. The molecule has 36 heavy (non-hydrogen) atoms. The first kappa shape index (κ1) is 23.1. The summed E-state index contributed by atoms with van der Waals surface area (Å²) in [4.78, 5) is 33.6. The summed E-state index contributed by atoms with van der Waals surface area (Å²) in [5.41, 5.74) is 2.86. The van der Waals surface area contributed by atoms with Crippen molar-refractivity contribution in [2.75, 3.05) is 11.9 Å². The number of hydrogen-bond acceptors (Lipinski definition) is 3. The number of amides is 3. The van der Waals surface area contributed by atoms with E-state index in [9.17, 15) is 9.59 Å². The van der Waals surface area contributed by atoms with Gasteiger partial charge < -0.3 is 15.5 Å². The van der Waals surface area contributed by atoms with Crippen LogP contribution in [0.5, 0.6) is 0 Å². The van der Waals surface area contributed by atoms with Crippen LogP contribution in [0.4, 0.5) is 10.5 Å². The minimum absolute atomic E-state index is 0.0837. The molecule has 1 aromatic rings. The molecule has 1 aliphatic heterocycles. The van der Waals surface area contributed by atoms with Crippen molar-refractivity contribution in [2.24, 2.45) is 34.1 Å². The lowest BCUT2D eigenvalue weighted by Crippen LogP contribution is -2.54. The standard InChI is InChI=1S/C29H37ClN4O2/c1-34-23-8-7-21(30)13-22(23)24(18-5-3-2-4-6-18)31-25(26(34)35)32-27(36)33-29-14-17-9-10-28(29,16-29)15-20-12-19(20)11-17/h7-8,13,17-20,25H,2-6,9-12,14-16H2,1H3,(H2,32,33,36). The Balaban J connectivity index is 1.15. The predicted octanol–water partition coefficient (Wildman–Crippen LogP) is 5.67. The molecule has 1 heterocycles. The van der Waals surface area contributed by atoms with E-state index in [4.69, 9.17) is 16.6 Å². The zero-order valence-corrected chi connectivity index (χ0v) is 21.9. The fraction of sp³-hybridized carbons (Fsp3) is 0.690. The number of hydrogen-bond donors (Lipinski definition) is 2. The predicted molar refractivity (Wildman–Crippen MR) is 141 cm³/mol. The fourth-order valence-electron chi connectivity index (χ4n) is 8.55. The number of benzene rings is 1. The molecule has 3 amide bonds. The van der Waals surface area contributed by atoms with E-state index in [1.165, 1.54) is 38.5 Å². The lowest BCUT2D eigenvalue weighted by atomic mass is 9.72.